The van der Waals surface area contributed by atoms with Crippen molar-refractivity contribution in [1.29, 1.82) is 0 Å². The molecule has 9 heteroatoms. The molecule has 0 radical (unpaired) electrons. The smallest absolute Gasteiger partial charge is 0.361 e. The number of hydrogen-bond acceptors (Lipinski definition) is 7. The van der Waals surface area contributed by atoms with E-state index in [1.54, 1.807) is 0 Å². The zero-order valence-corrected chi connectivity index (χ0v) is 47.5. The lowest BCUT2D eigenvalue weighted by Gasteiger charge is -2.25. The summed E-state index contributed by atoms with van der Waals surface area (Å²) in [6.07, 6.45) is 57.9. The van der Waals surface area contributed by atoms with Crippen LogP contribution in [-0.4, -0.2) is 87.4 Å². The molecule has 0 aliphatic rings. The molecule has 0 rings (SSSR count). The highest BCUT2D eigenvalue weighted by Crippen LogP contribution is 2.18. The summed E-state index contributed by atoms with van der Waals surface area (Å²) in [6, 6.07) is 0. The highest BCUT2D eigenvalue weighted by atomic mass is 16.7. The minimum Gasteiger partial charge on any atom is -0.477 e. The molecule has 0 heterocycles. The molecule has 2 unspecified atom stereocenters. The third-order valence-corrected chi connectivity index (χ3v) is 14.1. The molecule has 0 amide bonds. The first-order chi connectivity index (χ1) is 34.1. The Bertz CT molecular complexity index is 1110. The van der Waals surface area contributed by atoms with Gasteiger partial charge in [0, 0.05) is 12.8 Å². The molecule has 0 fully saturated rings. The van der Waals surface area contributed by atoms with E-state index in [1.165, 1.54) is 250 Å². The Balaban J connectivity index is 3.97. The van der Waals surface area contributed by atoms with Gasteiger partial charge in [-0.2, -0.15) is 0 Å². The first-order valence-corrected chi connectivity index (χ1v) is 30.7. The van der Waals surface area contributed by atoms with Crippen LogP contribution in [0.3, 0.4) is 0 Å². The van der Waals surface area contributed by atoms with Crippen LogP contribution < -0.4 is 0 Å². The van der Waals surface area contributed by atoms with Crippen LogP contribution in [0, 0.1) is 0 Å². The Morgan fingerprint density at radius 3 is 0.914 bits per heavy atom. The average Bonchev–Trinajstić information content (AvgIpc) is 3.33. The normalized spacial score (nSPS) is 12.6. The third kappa shape index (κ3) is 54.1. The number of quaternary nitrogens is 1. The minimum atomic E-state index is -1.50. The van der Waals surface area contributed by atoms with Gasteiger partial charge in [-0.25, -0.2) is 4.79 Å². The molecule has 1 N–H and O–H groups in total. The second-order valence-corrected chi connectivity index (χ2v) is 22.4. The molecule has 70 heavy (non-hydrogen) atoms. The molecular weight excluding hydrogens is 875 g/mol. The van der Waals surface area contributed by atoms with Crippen LogP contribution in [0.4, 0.5) is 0 Å². The Kier molecular flexibility index (Phi) is 52.3. The lowest BCUT2D eigenvalue weighted by atomic mass is 10.0. The van der Waals surface area contributed by atoms with Gasteiger partial charge in [0.2, 0.25) is 0 Å². The fourth-order valence-electron chi connectivity index (χ4n) is 9.37. The molecule has 0 saturated heterocycles. The van der Waals surface area contributed by atoms with E-state index in [2.05, 4.69) is 13.8 Å². The third-order valence-electron chi connectivity index (χ3n) is 14.1. The number of rotatable bonds is 58. The Morgan fingerprint density at radius 1 is 0.371 bits per heavy atom. The van der Waals surface area contributed by atoms with Gasteiger partial charge in [0.05, 0.1) is 34.4 Å². The molecule has 0 aliphatic heterocycles. The van der Waals surface area contributed by atoms with Gasteiger partial charge in [0.1, 0.15) is 13.2 Å². The van der Waals surface area contributed by atoms with Gasteiger partial charge < -0.3 is 28.5 Å². The maximum absolute atomic E-state index is 12.9. The number of nitrogens with zero attached hydrogens (tertiary/aromatic N) is 1. The Labute approximate surface area is 434 Å². The van der Waals surface area contributed by atoms with E-state index in [9.17, 15) is 19.5 Å². The highest BCUT2D eigenvalue weighted by molar-refractivity contribution is 5.71. The van der Waals surface area contributed by atoms with Crippen molar-refractivity contribution < 1.29 is 42.9 Å². The van der Waals surface area contributed by atoms with Gasteiger partial charge in [0.15, 0.2) is 6.10 Å². The summed E-state index contributed by atoms with van der Waals surface area (Å²) in [5.74, 6) is -1.98. The van der Waals surface area contributed by atoms with Crippen LogP contribution in [0.2, 0.25) is 0 Å². The average molecular weight is 996 g/mol. The summed E-state index contributed by atoms with van der Waals surface area (Å²) in [5.41, 5.74) is 0. The quantitative estimate of drug-likeness (QED) is 0.0278. The summed E-state index contributed by atoms with van der Waals surface area (Å²) in [7, 11) is 5.98. The summed E-state index contributed by atoms with van der Waals surface area (Å²) >= 11 is 0. The van der Waals surface area contributed by atoms with Crippen LogP contribution in [0.5, 0.6) is 0 Å². The zero-order valence-electron chi connectivity index (χ0n) is 47.5. The van der Waals surface area contributed by atoms with Crippen molar-refractivity contribution in [2.75, 3.05) is 47.5 Å². The minimum absolute atomic E-state index is 0.173. The number of esters is 2. The fraction of sp³-hybridized carbons (Fsp3) is 0.951. The molecule has 0 aliphatic carbocycles. The van der Waals surface area contributed by atoms with Gasteiger partial charge in [-0.1, -0.05) is 290 Å². The van der Waals surface area contributed by atoms with Gasteiger partial charge in [-0.3, -0.25) is 9.59 Å². The molecule has 2 atom stereocenters. The number of hydrogen-bond donors (Lipinski definition) is 1. The number of likely N-dealkylation sites (N-methyl/N-ethyl adjacent to an activating group) is 1. The van der Waals surface area contributed by atoms with E-state index < -0.39 is 18.4 Å². The van der Waals surface area contributed by atoms with Crippen molar-refractivity contribution in [2.45, 2.75) is 328 Å². The number of aliphatic carboxylic acids is 1. The van der Waals surface area contributed by atoms with E-state index >= 15 is 0 Å². The van der Waals surface area contributed by atoms with Crippen molar-refractivity contribution in [1.82, 2.24) is 0 Å². The molecule has 0 spiro atoms. The first-order valence-electron chi connectivity index (χ1n) is 30.7. The van der Waals surface area contributed by atoms with Gasteiger partial charge in [-0.15, -0.1) is 0 Å². The molecule has 9 nitrogen and oxygen atoms in total. The molecule has 416 valence electrons. The summed E-state index contributed by atoms with van der Waals surface area (Å²) in [6.45, 7) is 4.93. The second-order valence-electron chi connectivity index (χ2n) is 22.4. The first kappa shape index (κ1) is 68.3. The topological polar surface area (TPSA) is 108 Å². The van der Waals surface area contributed by atoms with Gasteiger partial charge in [0.25, 0.3) is 6.29 Å². The summed E-state index contributed by atoms with van der Waals surface area (Å²) in [4.78, 5) is 37.3. The van der Waals surface area contributed by atoms with Crippen LogP contribution in [0.25, 0.3) is 0 Å². The number of carbonyl (C=O) groups is 3. The molecule has 0 aromatic rings. The number of carbonyl (C=O) groups excluding carboxylic acids is 2. The van der Waals surface area contributed by atoms with Crippen molar-refractivity contribution >= 4 is 17.9 Å². The van der Waals surface area contributed by atoms with Crippen LogP contribution >= 0.6 is 0 Å². The van der Waals surface area contributed by atoms with Crippen LogP contribution in [0.1, 0.15) is 316 Å². The van der Waals surface area contributed by atoms with E-state index in [0.717, 1.165) is 38.5 Å². The van der Waals surface area contributed by atoms with E-state index in [1.807, 2.05) is 21.1 Å². The van der Waals surface area contributed by atoms with Crippen LogP contribution in [-0.2, 0) is 33.3 Å². The largest absolute Gasteiger partial charge is 0.477 e. The monoisotopic (exact) mass is 995 g/mol. The van der Waals surface area contributed by atoms with Gasteiger partial charge in [-0.05, 0) is 12.8 Å². The van der Waals surface area contributed by atoms with E-state index in [-0.39, 0.29) is 38.2 Å². The maximum atomic E-state index is 12.9. The molecule has 0 bridgehead atoms. The molecule has 0 aromatic heterocycles. The number of carboxylic acids is 1. The second kappa shape index (κ2) is 53.6. The zero-order chi connectivity index (χ0) is 51.3. The Morgan fingerprint density at radius 2 is 0.643 bits per heavy atom. The summed E-state index contributed by atoms with van der Waals surface area (Å²) in [5, 5.41) is 9.68. The number of unbranched alkanes of at least 4 members (excludes halogenated alkanes) is 43. The Hall–Kier alpha value is -1.71. The van der Waals surface area contributed by atoms with E-state index in [0.29, 0.717) is 17.4 Å². The van der Waals surface area contributed by atoms with E-state index in [4.69, 9.17) is 18.9 Å². The SMILES string of the molecule is CCCCCCCCCCCCCCCCCCCCCCCCCCCCCCCCCCCC(=O)OC(COC(=O)CCCCCCCCCCCCCC)COC(OCC[N+](C)(C)C)C(=O)O. The summed E-state index contributed by atoms with van der Waals surface area (Å²) < 4.78 is 22.9. The molecule has 0 saturated carbocycles. The van der Waals surface area contributed by atoms with Crippen molar-refractivity contribution in [3.05, 3.63) is 0 Å². The predicted octanol–water partition coefficient (Wildman–Crippen LogP) is 18.0. The van der Waals surface area contributed by atoms with Crippen LogP contribution in [0.15, 0.2) is 0 Å². The van der Waals surface area contributed by atoms with Crippen molar-refractivity contribution in [3.63, 3.8) is 0 Å². The maximum Gasteiger partial charge on any atom is 0.361 e. The van der Waals surface area contributed by atoms with Gasteiger partial charge >= 0.3 is 17.9 Å². The molecule has 0 aromatic carbocycles. The number of carboxylic acid groups (broad SMARTS) is 1. The van der Waals surface area contributed by atoms with Crippen molar-refractivity contribution in [3.8, 4) is 0 Å². The number of ether oxygens (including phenoxy) is 4. The highest BCUT2D eigenvalue weighted by Gasteiger charge is 2.25. The standard InChI is InChI=1S/C61H119NO8/c1-6-8-10-12-14-16-18-20-21-22-23-24-25-26-27-28-29-30-31-32-33-34-35-36-37-38-39-40-42-44-46-48-50-52-59(64)70-57(56-69-61(60(65)66)67-54-53-62(3,4)5)55-68-58(63)51-49-47-45-43-41-19-17-15-13-11-9-7-2/h57,61H,6-56H2,1-5H3/p+1. The molecular formula is C61H120NO8+. The lowest BCUT2D eigenvalue weighted by molar-refractivity contribution is -0.870. The lowest BCUT2D eigenvalue weighted by Crippen LogP contribution is -2.40. The predicted molar refractivity (Wildman–Crippen MR) is 295 cm³/mol. The van der Waals surface area contributed by atoms with Crippen molar-refractivity contribution in [2.24, 2.45) is 0 Å². The fourth-order valence-corrected chi connectivity index (χ4v) is 9.37.